The van der Waals surface area contributed by atoms with Gasteiger partial charge in [-0.1, -0.05) is 6.92 Å². The van der Waals surface area contributed by atoms with Gasteiger partial charge in [0.25, 0.3) is 0 Å². The molecule has 1 saturated carbocycles. The minimum atomic E-state index is -0.146. The van der Waals surface area contributed by atoms with Gasteiger partial charge in [0.15, 0.2) is 5.96 Å². The zero-order chi connectivity index (χ0) is 16.5. The Labute approximate surface area is 138 Å². The molecule has 1 aliphatic carbocycles. The third kappa shape index (κ3) is 6.26. The molecule has 3 N–H and O–H groups in total. The van der Waals surface area contributed by atoms with Crippen LogP contribution in [0.5, 0.6) is 0 Å². The van der Waals surface area contributed by atoms with E-state index in [9.17, 15) is 4.79 Å². The number of carbonyl (C=O) groups is 1. The fraction of sp³-hybridized carbons (Fsp3) is 0.588. The molecule has 1 aliphatic rings. The predicted molar refractivity (Wildman–Crippen MR) is 93.4 cm³/mol. The Kier molecular flexibility index (Phi) is 6.84. The average Bonchev–Trinajstić information content (AvgIpc) is 2.56. The van der Waals surface area contributed by atoms with Gasteiger partial charge in [-0.05, 0) is 50.7 Å². The van der Waals surface area contributed by atoms with Crippen molar-refractivity contribution in [1.29, 1.82) is 0 Å². The maximum atomic E-state index is 12.0. The van der Waals surface area contributed by atoms with Crippen LogP contribution in [-0.4, -0.2) is 36.0 Å². The predicted octanol–water partition coefficient (Wildman–Crippen LogP) is 2.15. The molecule has 1 fully saturated rings. The normalized spacial score (nSPS) is 21.6. The number of aliphatic imine (C=N–C) groups is 1. The van der Waals surface area contributed by atoms with Crippen LogP contribution >= 0.6 is 0 Å². The molecule has 0 spiro atoms. The molecular weight excluding hydrogens is 290 g/mol. The number of nitrogens with one attached hydrogen (secondary N) is 3. The van der Waals surface area contributed by atoms with Crippen LogP contribution in [-0.2, 0) is 4.79 Å². The van der Waals surface area contributed by atoms with Crippen molar-refractivity contribution in [1.82, 2.24) is 15.6 Å². The zero-order valence-electron chi connectivity index (χ0n) is 14.0. The molecule has 0 unspecified atom stereocenters. The molecule has 0 aliphatic heterocycles. The molecule has 2 rings (SSSR count). The van der Waals surface area contributed by atoms with E-state index >= 15 is 0 Å². The Morgan fingerprint density at radius 3 is 2.78 bits per heavy atom. The van der Waals surface area contributed by atoms with Crippen molar-refractivity contribution in [3.63, 3.8) is 0 Å². The van der Waals surface area contributed by atoms with Gasteiger partial charge in [-0.25, -0.2) is 4.99 Å². The topological polar surface area (TPSA) is 78.4 Å². The summed E-state index contributed by atoms with van der Waals surface area (Å²) in [5, 5.41) is 9.43. The highest BCUT2D eigenvalue weighted by molar-refractivity contribution is 5.93. The number of amides is 1. The van der Waals surface area contributed by atoms with E-state index in [0.29, 0.717) is 17.7 Å². The highest BCUT2D eigenvalue weighted by atomic mass is 16.1. The molecule has 0 bridgehead atoms. The van der Waals surface area contributed by atoms with Crippen LogP contribution in [0.4, 0.5) is 5.69 Å². The summed E-state index contributed by atoms with van der Waals surface area (Å²) in [4.78, 5) is 20.3. The fourth-order valence-corrected chi connectivity index (χ4v) is 2.71. The third-order valence-corrected chi connectivity index (χ3v) is 4.03. The second-order valence-corrected chi connectivity index (χ2v) is 6.09. The standard InChI is InChI=1S/C17H27N5O/c1-3-19-17(22-14-8-6-13(2)7-9-14)20-12-16(23)21-15-5-4-10-18-11-15/h4-5,10-11,13-14H,3,6-9,12H2,1-2H3,(H,21,23)(H2,19,20,22). The van der Waals surface area contributed by atoms with Crippen molar-refractivity contribution in [2.24, 2.45) is 10.9 Å². The van der Waals surface area contributed by atoms with E-state index in [1.54, 1.807) is 24.5 Å². The van der Waals surface area contributed by atoms with Crippen LogP contribution in [0.3, 0.4) is 0 Å². The van der Waals surface area contributed by atoms with Crippen LogP contribution in [0.2, 0.25) is 0 Å². The van der Waals surface area contributed by atoms with E-state index in [4.69, 9.17) is 0 Å². The summed E-state index contributed by atoms with van der Waals surface area (Å²) in [6.07, 6.45) is 8.11. The van der Waals surface area contributed by atoms with Gasteiger partial charge in [-0.15, -0.1) is 0 Å². The molecule has 0 radical (unpaired) electrons. The molecule has 1 aromatic rings. The largest absolute Gasteiger partial charge is 0.357 e. The lowest BCUT2D eigenvalue weighted by atomic mass is 9.87. The fourth-order valence-electron chi connectivity index (χ4n) is 2.71. The first-order valence-corrected chi connectivity index (χ1v) is 8.42. The van der Waals surface area contributed by atoms with Crippen molar-refractivity contribution in [3.05, 3.63) is 24.5 Å². The molecule has 1 amide bonds. The van der Waals surface area contributed by atoms with E-state index in [2.05, 4.69) is 32.9 Å². The number of anilines is 1. The van der Waals surface area contributed by atoms with Gasteiger partial charge < -0.3 is 16.0 Å². The number of guanidine groups is 1. The first-order chi connectivity index (χ1) is 11.2. The summed E-state index contributed by atoms with van der Waals surface area (Å²) in [6, 6.07) is 4.04. The first-order valence-electron chi connectivity index (χ1n) is 8.42. The van der Waals surface area contributed by atoms with E-state index in [-0.39, 0.29) is 12.5 Å². The van der Waals surface area contributed by atoms with E-state index in [0.717, 1.165) is 25.3 Å². The van der Waals surface area contributed by atoms with Gasteiger partial charge in [-0.3, -0.25) is 9.78 Å². The first kappa shape index (κ1) is 17.2. The number of carbonyl (C=O) groups excluding carboxylic acids is 1. The van der Waals surface area contributed by atoms with Crippen molar-refractivity contribution >= 4 is 17.6 Å². The minimum absolute atomic E-state index is 0.0906. The zero-order valence-corrected chi connectivity index (χ0v) is 14.0. The smallest absolute Gasteiger partial charge is 0.246 e. The number of pyridine rings is 1. The Morgan fingerprint density at radius 2 is 2.13 bits per heavy atom. The molecular formula is C17H27N5O. The summed E-state index contributed by atoms with van der Waals surface area (Å²) in [5.41, 5.74) is 0.687. The highest BCUT2D eigenvalue weighted by Gasteiger charge is 2.18. The molecule has 0 saturated heterocycles. The van der Waals surface area contributed by atoms with Crippen LogP contribution in [0.1, 0.15) is 39.5 Å². The van der Waals surface area contributed by atoms with Crippen molar-refractivity contribution in [3.8, 4) is 0 Å². The molecule has 6 heteroatoms. The number of nitrogens with zero attached hydrogens (tertiary/aromatic N) is 2. The maximum Gasteiger partial charge on any atom is 0.246 e. The van der Waals surface area contributed by atoms with Gasteiger partial charge >= 0.3 is 0 Å². The van der Waals surface area contributed by atoms with Gasteiger partial charge in [0.1, 0.15) is 6.54 Å². The number of rotatable bonds is 5. The summed E-state index contributed by atoms with van der Waals surface area (Å²) < 4.78 is 0. The molecule has 6 nitrogen and oxygen atoms in total. The number of aromatic nitrogens is 1. The van der Waals surface area contributed by atoms with Gasteiger partial charge in [0, 0.05) is 18.8 Å². The lowest BCUT2D eigenvalue weighted by Gasteiger charge is -2.28. The monoisotopic (exact) mass is 317 g/mol. The molecule has 0 atom stereocenters. The van der Waals surface area contributed by atoms with Gasteiger partial charge in [-0.2, -0.15) is 0 Å². The van der Waals surface area contributed by atoms with E-state index in [1.807, 2.05) is 6.92 Å². The summed E-state index contributed by atoms with van der Waals surface area (Å²) >= 11 is 0. The Hall–Kier alpha value is -2.11. The maximum absolute atomic E-state index is 12.0. The summed E-state index contributed by atoms with van der Waals surface area (Å²) in [7, 11) is 0. The minimum Gasteiger partial charge on any atom is -0.357 e. The Morgan fingerprint density at radius 1 is 1.35 bits per heavy atom. The lowest BCUT2D eigenvalue weighted by Crippen LogP contribution is -2.45. The molecule has 1 heterocycles. The summed E-state index contributed by atoms with van der Waals surface area (Å²) in [6.45, 7) is 5.20. The van der Waals surface area contributed by atoms with Crippen LogP contribution in [0, 0.1) is 5.92 Å². The van der Waals surface area contributed by atoms with Crippen LogP contribution in [0.15, 0.2) is 29.5 Å². The molecule has 23 heavy (non-hydrogen) atoms. The van der Waals surface area contributed by atoms with Crippen LogP contribution < -0.4 is 16.0 Å². The molecule has 126 valence electrons. The van der Waals surface area contributed by atoms with E-state index < -0.39 is 0 Å². The Bertz CT molecular complexity index is 509. The molecule has 0 aromatic carbocycles. The number of hydrogen-bond acceptors (Lipinski definition) is 3. The quantitative estimate of drug-likeness (QED) is 0.574. The van der Waals surface area contributed by atoms with Crippen molar-refractivity contribution < 1.29 is 4.79 Å². The van der Waals surface area contributed by atoms with Crippen molar-refractivity contribution in [2.45, 2.75) is 45.6 Å². The van der Waals surface area contributed by atoms with E-state index in [1.165, 1.54) is 12.8 Å². The van der Waals surface area contributed by atoms with Crippen molar-refractivity contribution in [2.75, 3.05) is 18.4 Å². The lowest BCUT2D eigenvalue weighted by molar-refractivity contribution is -0.114. The second-order valence-electron chi connectivity index (χ2n) is 6.09. The Balaban J connectivity index is 1.84. The average molecular weight is 317 g/mol. The second kappa shape index (κ2) is 9.12. The SMILES string of the molecule is CCNC(=NCC(=O)Nc1cccnc1)NC1CCC(C)CC1. The third-order valence-electron chi connectivity index (χ3n) is 4.03. The number of hydrogen-bond donors (Lipinski definition) is 3. The highest BCUT2D eigenvalue weighted by Crippen LogP contribution is 2.23. The van der Waals surface area contributed by atoms with Gasteiger partial charge in [0.2, 0.25) is 5.91 Å². The van der Waals surface area contributed by atoms with Crippen LogP contribution in [0.25, 0.3) is 0 Å². The van der Waals surface area contributed by atoms with Gasteiger partial charge in [0.05, 0.1) is 11.9 Å². The summed E-state index contributed by atoms with van der Waals surface area (Å²) in [5.74, 6) is 1.39. The molecule has 1 aromatic heterocycles.